The average molecular weight is 369 g/mol. The minimum atomic E-state index is -1.17. The molecule has 0 aromatic heterocycles. The van der Waals surface area contributed by atoms with Crippen molar-refractivity contribution in [2.24, 2.45) is 0 Å². The quantitative estimate of drug-likeness (QED) is 0.615. The number of nitrogens with one attached hydrogen (secondary N) is 1. The second-order valence-electron chi connectivity index (χ2n) is 6.76. The van der Waals surface area contributed by atoms with Crippen LogP contribution in [-0.4, -0.2) is 46.8 Å². The number of imide groups is 1. The molecule has 1 saturated carbocycles. The smallest absolute Gasteiger partial charge is 0.329 e. The summed E-state index contributed by atoms with van der Waals surface area (Å²) >= 11 is 0. The van der Waals surface area contributed by atoms with Crippen molar-refractivity contribution < 1.29 is 23.9 Å². The van der Waals surface area contributed by atoms with E-state index in [1.165, 1.54) is 19.1 Å². The van der Waals surface area contributed by atoms with Crippen molar-refractivity contribution in [2.75, 3.05) is 6.61 Å². The molecule has 1 fully saturated rings. The van der Waals surface area contributed by atoms with Gasteiger partial charge < -0.3 is 10.1 Å². The van der Waals surface area contributed by atoms with Crippen LogP contribution in [0.1, 0.15) is 53.3 Å². The average Bonchev–Trinajstić information content (AvgIpc) is 3.23. The van der Waals surface area contributed by atoms with Gasteiger partial charge in [-0.3, -0.25) is 19.3 Å². The van der Waals surface area contributed by atoms with Crippen LogP contribution in [-0.2, 0) is 14.3 Å². The van der Waals surface area contributed by atoms with Gasteiger partial charge in [-0.1, -0.05) is 12.1 Å². The molecular weight excluding hydrogens is 350 g/mol. The number of hydrogen-bond acceptors (Lipinski definition) is 6. The van der Waals surface area contributed by atoms with Gasteiger partial charge in [-0.05, 0) is 44.7 Å². The van der Waals surface area contributed by atoms with E-state index in [2.05, 4.69) is 11.4 Å². The summed E-state index contributed by atoms with van der Waals surface area (Å²) in [5.41, 5.74) is -0.438. The van der Waals surface area contributed by atoms with Gasteiger partial charge in [0.2, 0.25) is 0 Å². The van der Waals surface area contributed by atoms with Gasteiger partial charge in [0.05, 0.1) is 17.2 Å². The molecule has 0 saturated heterocycles. The Balaban J connectivity index is 1.59. The van der Waals surface area contributed by atoms with Crippen LogP contribution in [0, 0.1) is 11.3 Å². The Hall–Kier alpha value is -3.21. The van der Waals surface area contributed by atoms with E-state index in [4.69, 9.17) is 4.74 Å². The number of ether oxygens (including phenoxy) is 1. The molecule has 0 bridgehead atoms. The summed E-state index contributed by atoms with van der Waals surface area (Å²) in [5.74, 6) is -2.59. The first kappa shape index (κ1) is 18.6. The Morgan fingerprint density at radius 2 is 1.78 bits per heavy atom. The highest BCUT2D eigenvalue weighted by Crippen LogP contribution is 2.29. The second kappa shape index (κ2) is 7.19. The number of nitriles is 1. The number of esters is 1. The number of carbonyl (C=O) groups is 4. The first-order valence-corrected chi connectivity index (χ1v) is 8.74. The second-order valence-corrected chi connectivity index (χ2v) is 6.76. The van der Waals surface area contributed by atoms with Crippen LogP contribution in [0.5, 0.6) is 0 Å². The fourth-order valence-electron chi connectivity index (χ4n) is 3.47. The number of hydrogen-bond donors (Lipinski definition) is 1. The topological polar surface area (TPSA) is 117 Å². The summed E-state index contributed by atoms with van der Waals surface area (Å²) in [6.07, 6.45) is 2.83. The van der Waals surface area contributed by atoms with Gasteiger partial charge in [0, 0.05) is 0 Å². The fraction of sp³-hybridized carbons (Fsp3) is 0.421. The molecule has 1 aliphatic carbocycles. The zero-order chi connectivity index (χ0) is 19.6. The maximum Gasteiger partial charge on any atom is 0.329 e. The molecule has 3 amide bonds. The van der Waals surface area contributed by atoms with Crippen LogP contribution in [0.3, 0.4) is 0 Å². The van der Waals surface area contributed by atoms with Crippen molar-refractivity contribution in [2.45, 2.75) is 44.2 Å². The molecule has 1 aromatic rings. The molecule has 0 spiro atoms. The van der Waals surface area contributed by atoms with E-state index >= 15 is 0 Å². The van der Waals surface area contributed by atoms with Gasteiger partial charge in [-0.25, -0.2) is 4.79 Å². The summed E-state index contributed by atoms with van der Waals surface area (Å²) < 4.78 is 4.97. The van der Waals surface area contributed by atoms with Gasteiger partial charge >= 0.3 is 5.97 Å². The molecule has 1 atom stereocenters. The monoisotopic (exact) mass is 369 g/mol. The predicted octanol–water partition coefficient (Wildman–Crippen LogP) is 1.17. The number of benzene rings is 1. The minimum Gasteiger partial charge on any atom is -0.454 e. The van der Waals surface area contributed by atoms with Crippen LogP contribution < -0.4 is 5.32 Å². The molecule has 27 heavy (non-hydrogen) atoms. The molecule has 1 aromatic carbocycles. The van der Waals surface area contributed by atoms with E-state index in [9.17, 15) is 24.4 Å². The lowest BCUT2D eigenvalue weighted by Gasteiger charge is -2.23. The molecule has 1 aliphatic heterocycles. The molecule has 0 unspecified atom stereocenters. The summed E-state index contributed by atoms with van der Waals surface area (Å²) in [4.78, 5) is 49.9. The number of carbonyl (C=O) groups excluding carboxylic acids is 4. The van der Waals surface area contributed by atoms with Crippen LogP contribution in [0.15, 0.2) is 24.3 Å². The number of nitrogens with zero attached hydrogens (tertiary/aromatic N) is 2. The largest absolute Gasteiger partial charge is 0.454 e. The number of rotatable bonds is 5. The van der Waals surface area contributed by atoms with E-state index < -0.39 is 41.9 Å². The van der Waals surface area contributed by atoms with Crippen LogP contribution in [0.2, 0.25) is 0 Å². The highest BCUT2D eigenvalue weighted by atomic mass is 16.5. The normalized spacial score (nSPS) is 18.6. The molecule has 8 heteroatoms. The Kier molecular flexibility index (Phi) is 4.95. The molecule has 1 heterocycles. The zero-order valence-corrected chi connectivity index (χ0v) is 14.9. The Bertz CT molecular complexity index is 816. The Labute approximate surface area is 156 Å². The third-order valence-corrected chi connectivity index (χ3v) is 4.95. The molecule has 1 N–H and O–H groups in total. The maximum atomic E-state index is 12.4. The lowest BCUT2D eigenvalue weighted by molar-refractivity contribution is -0.152. The van der Waals surface area contributed by atoms with Gasteiger partial charge in [0.15, 0.2) is 6.61 Å². The maximum absolute atomic E-state index is 12.4. The first-order chi connectivity index (χ1) is 12.9. The molecule has 140 valence electrons. The van der Waals surface area contributed by atoms with E-state index in [1.807, 2.05) is 0 Å². The molecule has 0 radical (unpaired) electrons. The van der Waals surface area contributed by atoms with Gasteiger partial charge in [-0.2, -0.15) is 5.26 Å². The summed E-state index contributed by atoms with van der Waals surface area (Å²) in [6, 6.07) is 7.25. The standard InChI is InChI=1S/C19H19N3O5/c1-12(22-16(24)13-6-2-3-7-14(13)17(22)25)18(26)27-10-15(23)21-19(11-20)8-4-5-9-19/h2-3,6-7,12H,4-5,8-10H2,1H3,(H,21,23)/t12-/m1/s1. The molecule has 2 aliphatic rings. The highest BCUT2D eigenvalue weighted by molar-refractivity contribution is 6.22. The third-order valence-electron chi connectivity index (χ3n) is 4.95. The van der Waals surface area contributed by atoms with Crippen LogP contribution >= 0.6 is 0 Å². The number of fused-ring (bicyclic) bond motifs is 1. The van der Waals surface area contributed by atoms with Crippen LogP contribution in [0.4, 0.5) is 0 Å². The van der Waals surface area contributed by atoms with Crippen molar-refractivity contribution >= 4 is 23.7 Å². The van der Waals surface area contributed by atoms with Crippen molar-refractivity contribution in [1.29, 1.82) is 5.26 Å². The third kappa shape index (κ3) is 3.40. The minimum absolute atomic E-state index is 0.233. The van der Waals surface area contributed by atoms with E-state index in [1.54, 1.807) is 12.1 Å². The van der Waals surface area contributed by atoms with Crippen molar-refractivity contribution in [3.8, 4) is 6.07 Å². The fourth-order valence-corrected chi connectivity index (χ4v) is 3.47. The molecule has 3 rings (SSSR count). The van der Waals surface area contributed by atoms with Gasteiger partial charge in [0.25, 0.3) is 17.7 Å². The van der Waals surface area contributed by atoms with Crippen molar-refractivity contribution in [3.63, 3.8) is 0 Å². The van der Waals surface area contributed by atoms with E-state index in [0.29, 0.717) is 12.8 Å². The predicted molar refractivity (Wildman–Crippen MR) is 92.3 cm³/mol. The Morgan fingerprint density at radius 1 is 1.22 bits per heavy atom. The molecule has 8 nitrogen and oxygen atoms in total. The van der Waals surface area contributed by atoms with E-state index in [0.717, 1.165) is 17.7 Å². The summed E-state index contributed by atoms with van der Waals surface area (Å²) in [5, 5.41) is 11.9. The molecular formula is C19H19N3O5. The van der Waals surface area contributed by atoms with Gasteiger partial charge in [-0.15, -0.1) is 0 Å². The number of amides is 3. The SMILES string of the molecule is C[C@H](C(=O)OCC(=O)NC1(C#N)CCCC1)N1C(=O)c2ccccc2C1=O. The lowest BCUT2D eigenvalue weighted by Crippen LogP contribution is -2.48. The highest BCUT2D eigenvalue weighted by Gasteiger charge is 2.41. The van der Waals surface area contributed by atoms with Crippen molar-refractivity contribution in [3.05, 3.63) is 35.4 Å². The van der Waals surface area contributed by atoms with Gasteiger partial charge in [0.1, 0.15) is 11.6 Å². The van der Waals surface area contributed by atoms with Crippen molar-refractivity contribution in [1.82, 2.24) is 10.2 Å². The van der Waals surface area contributed by atoms with Crippen LogP contribution in [0.25, 0.3) is 0 Å². The zero-order valence-electron chi connectivity index (χ0n) is 14.9. The first-order valence-electron chi connectivity index (χ1n) is 8.74. The summed E-state index contributed by atoms with van der Waals surface area (Å²) in [7, 11) is 0. The Morgan fingerprint density at radius 3 is 2.30 bits per heavy atom. The summed E-state index contributed by atoms with van der Waals surface area (Å²) in [6.45, 7) is 0.797. The van der Waals surface area contributed by atoms with E-state index in [-0.39, 0.29) is 11.1 Å². The lowest BCUT2D eigenvalue weighted by atomic mass is 10.00.